The summed E-state index contributed by atoms with van der Waals surface area (Å²) in [5.41, 5.74) is 2.89. The maximum Gasteiger partial charge on any atom is 0.176 e. The summed E-state index contributed by atoms with van der Waals surface area (Å²) in [6.45, 7) is 5.87. The van der Waals surface area contributed by atoms with Crippen molar-refractivity contribution in [2.45, 2.75) is 30.9 Å². The summed E-state index contributed by atoms with van der Waals surface area (Å²) in [6, 6.07) is 11.4. The molecule has 2 rings (SSSR count). The number of carbonyl (C=O) groups excluding carboxylic acids is 1. The Morgan fingerprint density at radius 1 is 1.05 bits per heavy atom. The summed E-state index contributed by atoms with van der Waals surface area (Å²) >= 11 is 13.4. The number of ketones is 1. The van der Waals surface area contributed by atoms with E-state index in [2.05, 4.69) is 0 Å². The van der Waals surface area contributed by atoms with Gasteiger partial charge in [0.2, 0.25) is 0 Å². The van der Waals surface area contributed by atoms with Crippen LogP contribution >= 0.6 is 35.0 Å². The number of hydrogen-bond donors (Lipinski definition) is 0. The average Bonchev–Trinajstić information content (AvgIpc) is 2.44. The van der Waals surface area contributed by atoms with Crippen LogP contribution in [0.3, 0.4) is 0 Å². The number of halogens is 2. The van der Waals surface area contributed by atoms with Crippen LogP contribution in [0, 0.1) is 13.8 Å². The van der Waals surface area contributed by atoms with Crippen molar-refractivity contribution in [2.24, 2.45) is 0 Å². The topological polar surface area (TPSA) is 17.1 Å². The van der Waals surface area contributed by atoms with Gasteiger partial charge in [0, 0.05) is 10.5 Å². The Labute approximate surface area is 139 Å². The Bertz CT molecular complexity index is 682. The van der Waals surface area contributed by atoms with Gasteiger partial charge in [-0.2, -0.15) is 0 Å². The van der Waals surface area contributed by atoms with Crippen LogP contribution in [0.25, 0.3) is 0 Å². The highest BCUT2D eigenvalue weighted by molar-refractivity contribution is 8.00. The number of hydrogen-bond acceptors (Lipinski definition) is 2. The molecule has 0 amide bonds. The lowest BCUT2D eigenvalue weighted by Crippen LogP contribution is -2.15. The molecular formula is C17H16Cl2OS. The number of rotatable bonds is 4. The molecule has 0 radical (unpaired) electrons. The normalized spacial score (nSPS) is 12.2. The van der Waals surface area contributed by atoms with E-state index in [4.69, 9.17) is 23.2 Å². The van der Waals surface area contributed by atoms with Crippen LogP contribution in [-0.2, 0) is 0 Å². The highest BCUT2D eigenvalue weighted by Gasteiger charge is 2.18. The molecule has 0 bridgehead atoms. The zero-order valence-corrected chi connectivity index (χ0v) is 14.4. The van der Waals surface area contributed by atoms with Crippen LogP contribution in [0.2, 0.25) is 10.0 Å². The average molecular weight is 339 g/mol. The lowest BCUT2D eigenvalue weighted by Gasteiger charge is -2.13. The maximum atomic E-state index is 12.6. The molecule has 0 heterocycles. The third-order valence-electron chi connectivity index (χ3n) is 3.23. The molecule has 0 aromatic heterocycles. The van der Waals surface area contributed by atoms with Crippen molar-refractivity contribution >= 4 is 40.7 Å². The third kappa shape index (κ3) is 4.03. The molecule has 21 heavy (non-hydrogen) atoms. The molecule has 0 N–H and O–H groups in total. The molecule has 0 saturated carbocycles. The Hall–Kier alpha value is -0.960. The van der Waals surface area contributed by atoms with Gasteiger partial charge in [-0.25, -0.2) is 0 Å². The van der Waals surface area contributed by atoms with Gasteiger partial charge in [0.15, 0.2) is 5.78 Å². The van der Waals surface area contributed by atoms with Crippen LogP contribution in [0.4, 0.5) is 0 Å². The first-order chi connectivity index (χ1) is 9.88. The lowest BCUT2D eigenvalue weighted by molar-refractivity contribution is 0.0993. The van der Waals surface area contributed by atoms with Gasteiger partial charge in [-0.1, -0.05) is 40.9 Å². The molecule has 0 saturated heterocycles. The summed E-state index contributed by atoms with van der Waals surface area (Å²) < 4.78 is 0. The van der Waals surface area contributed by atoms with E-state index in [0.29, 0.717) is 10.0 Å². The van der Waals surface area contributed by atoms with E-state index in [1.165, 1.54) is 11.8 Å². The van der Waals surface area contributed by atoms with E-state index in [1.807, 2.05) is 45.0 Å². The second-order valence-corrected chi connectivity index (χ2v) is 7.25. The van der Waals surface area contributed by atoms with Gasteiger partial charge in [-0.3, -0.25) is 4.79 Å². The van der Waals surface area contributed by atoms with Crippen molar-refractivity contribution in [3.05, 3.63) is 63.1 Å². The standard InChI is InChI=1S/C17H16Cl2OS/c1-10-4-5-11(2)14(8-10)17(20)12(3)21-13-6-7-15(18)16(19)9-13/h4-9,12H,1-3H3. The summed E-state index contributed by atoms with van der Waals surface area (Å²) in [7, 11) is 0. The van der Waals surface area contributed by atoms with Gasteiger partial charge in [0.1, 0.15) is 0 Å². The van der Waals surface area contributed by atoms with Crippen molar-refractivity contribution < 1.29 is 4.79 Å². The monoisotopic (exact) mass is 338 g/mol. The number of aryl methyl sites for hydroxylation is 2. The molecule has 0 fully saturated rings. The number of Topliss-reactive ketones (excluding diaryl/α,β-unsaturated/α-hetero) is 1. The minimum Gasteiger partial charge on any atom is -0.293 e. The van der Waals surface area contributed by atoms with E-state index in [9.17, 15) is 4.79 Å². The molecular weight excluding hydrogens is 323 g/mol. The molecule has 4 heteroatoms. The molecule has 1 unspecified atom stereocenters. The molecule has 0 aliphatic carbocycles. The van der Waals surface area contributed by atoms with Crippen LogP contribution in [0.5, 0.6) is 0 Å². The fourth-order valence-electron chi connectivity index (χ4n) is 2.03. The third-order valence-corrected chi connectivity index (χ3v) is 5.06. The molecule has 0 spiro atoms. The molecule has 0 aliphatic rings. The smallest absolute Gasteiger partial charge is 0.176 e. The van der Waals surface area contributed by atoms with E-state index in [1.54, 1.807) is 12.1 Å². The largest absolute Gasteiger partial charge is 0.293 e. The van der Waals surface area contributed by atoms with Crippen LogP contribution < -0.4 is 0 Å². The predicted octanol–water partition coefficient (Wildman–Crippen LogP) is 5.97. The fraction of sp³-hybridized carbons (Fsp3) is 0.235. The van der Waals surface area contributed by atoms with Crippen LogP contribution in [0.1, 0.15) is 28.4 Å². The first kappa shape index (κ1) is 16.4. The van der Waals surface area contributed by atoms with Crippen molar-refractivity contribution in [1.82, 2.24) is 0 Å². The summed E-state index contributed by atoms with van der Waals surface area (Å²) in [5, 5.41) is 0.852. The van der Waals surface area contributed by atoms with Gasteiger partial charge >= 0.3 is 0 Å². The SMILES string of the molecule is Cc1ccc(C)c(C(=O)C(C)Sc2ccc(Cl)c(Cl)c2)c1. The predicted molar refractivity (Wildman–Crippen MR) is 92.0 cm³/mol. The van der Waals surface area contributed by atoms with Crippen molar-refractivity contribution in [3.8, 4) is 0 Å². The second kappa shape index (κ2) is 6.87. The summed E-state index contributed by atoms with van der Waals surface area (Å²) in [5.74, 6) is 0.132. The number of benzene rings is 2. The maximum absolute atomic E-state index is 12.6. The molecule has 1 atom stereocenters. The van der Waals surface area contributed by atoms with E-state index < -0.39 is 0 Å². The van der Waals surface area contributed by atoms with E-state index in [-0.39, 0.29) is 11.0 Å². The lowest BCUT2D eigenvalue weighted by atomic mass is 10.0. The van der Waals surface area contributed by atoms with E-state index in [0.717, 1.165) is 21.6 Å². The first-order valence-electron chi connectivity index (χ1n) is 6.61. The van der Waals surface area contributed by atoms with Gasteiger partial charge in [-0.15, -0.1) is 11.8 Å². The molecule has 1 nitrogen and oxygen atoms in total. The minimum absolute atomic E-state index is 0.132. The first-order valence-corrected chi connectivity index (χ1v) is 8.25. The number of thioether (sulfide) groups is 1. The molecule has 110 valence electrons. The van der Waals surface area contributed by atoms with Crippen LogP contribution in [-0.4, -0.2) is 11.0 Å². The Morgan fingerprint density at radius 3 is 2.43 bits per heavy atom. The fourth-order valence-corrected chi connectivity index (χ4v) is 3.37. The quantitative estimate of drug-likeness (QED) is 0.504. The van der Waals surface area contributed by atoms with Crippen molar-refractivity contribution in [2.75, 3.05) is 0 Å². The van der Waals surface area contributed by atoms with Crippen LogP contribution in [0.15, 0.2) is 41.3 Å². The van der Waals surface area contributed by atoms with Gasteiger partial charge in [-0.05, 0) is 50.6 Å². The highest BCUT2D eigenvalue weighted by atomic mass is 35.5. The van der Waals surface area contributed by atoms with Gasteiger partial charge < -0.3 is 0 Å². The minimum atomic E-state index is -0.178. The second-order valence-electron chi connectivity index (χ2n) is 5.02. The van der Waals surface area contributed by atoms with E-state index >= 15 is 0 Å². The Morgan fingerprint density at radius 2 is 1.76 bits per heavy atom. The van der Waals surface area contributed by atoms with Gasteiger partial charge in [0.25, 0.3) is 0 Å². The van der Waals surface area contributed by atoms with Crippen molar-refractivity contribution in [1.29, 1.82) is 0 Å². The zero-order chi connectivity index (χ0) is 15.6. The molecule has 2 aromatic rings. The summed E-state index contributed by atoms with van der Waals surface area (Å²) in [4.78, 5) is 13.5. The number of carbonyl (C=O) groups is 1. The summed E-state index contributed by atoms with van der Waals surface area (Å²) in [6.07, 6.45) is 0. The highest BCUT2D eigenvalue weighted by Crippen LogP contribution is 2.31. The Balaban J connectivity index is 2.19. The molecule has 0 aliphatic heterocycles. The Kier molecular flexibility index (Phi) is 5.37. The van der Waals surface area contributed by atoms with Crippen molar-refractivity contribution in [3.63, 3.8) is 0 Å². The molecule has 2 aromatic carbocycles. The zero-order valence-electron chi connectivity index (χ0n) is 12.1. The van der Waals surface area contributed by atoms with Gasteiger partial charge in [0.05, 0.1) is 15.3 Å².